The number of alkyl halides is 1. The molecule has 3 heterocycles. The minimum absolute atomic E-state index is 0.0280. The fourth-order valence-corrected chi connectivity index (χ4v) is 8.46. The predicted octanol–water partition coefficient (Wildman–Crippen LogP) is 5.99. The van der Waals surface area contributed by atoms with E-state index in [0.29, 0.717) is 34.4 Å². The third-order valence-corrected chi connectivity index (χ3v) is 11.9. The number of pyridine rings is 1. The zero-order chi connectivity index (χ0) is 43.0. The van der Waals surface area contributed by atoms with E-state index in [4.69, 9.17) is 19.9 Å². The number of hydrogen-bond acceptors (Lipinski definition) is 10. The van der Waals surface area contributed by atoms with E-state index in [2.05, 4.69) is 32.8 Å². The first-order chi connectivity index (χ1) is 29.6. The van der Waals surface area contributed by atoms with Crippen molar-refractivity contribution in [2.24, 2.45) is 23.5 Å². The Labute approximate surface area is 353 Å². The highest BCUT2D eigenvalue weighted by molar-refractivity contribution is 6.49. The van der Waals surface area contributed by atoms with E-state index in [1.54, 1.807) is 30.5 Å². The molecule has 3 aromatic carbocycles. The zero-order valence-corrected chi connectivity index (χ0v) is 34.3. The second-order valence-corrected chi connectivity index (χ2v) is 15.8. The summed E-state index contributed by atoms with van der Waals surface area (Å²) in [6.45, 7) is 3.72. The minimum Gasteiger partial charge on any atom is -0.496 e. The van der Waals surface area contributed by atoms with Crippen molar-refractivity contribution in [3.63, 3.8) is 0 Å². The minimum atomic E-state index is -1.58. The number of imide groups is 1. The molecule has 1 saturated heterocycles. The molecule has 61 heavy (non-hydrogen) atoms. The van der Waals surface area contributed by atoms with E-state index in [0.717, 1.165) is 70.0 Å². The van der Waals surface area contributed by atoms with Gasteiger partial charge in [-0.05, 0) is 106 Å². The van der Waals surface area contributed by atoms with Crippen LogP contribution in [0.25, 0.3) is 10.8 Å². The number of fused-ring (bicyclic) bond motifs is 2. The SMILES string of the molecule is CC[C@@H]1[C@H](F)C(=O)N[C@@H]1COc1ncc(C#CC2CCC(CNCCCCCc3ccccc3Oc3cccc4c3C(=O)NC(=O)C4=O)CC2)c2cc(C(N)=O)c(OC)cc12. The molecule has 0 spiro atoms. The first kappa shape index (κ1) is 42.8. The highest BCUT2D eigenvalue weighted by atomic mass is 19.1. The van der Waals surface area contributed by atoms with Gasteiger partial charge in [-0.1, -0.05) is 49.5 Å². The molecule has 2 fully saturated rings. The second-order valence-electron chi connectivity index (χ2n) is 15.8. The molecule has 7 rings (SSSR count). The Morgan fingerprint density at radius 3 is 2.51 bits per heavy atom. The summed E-state index contributed by atoms with van der Waals surface area (Å²) in [6.07, 6.45) is 8.34. The molecule has 3 aliphatic rings. The lowest BCUT2D eigenvalue weighted by atomic mass is 9.82. The number of nitrogens with one attached hydrogen (secondary N) is 3. The maximum atomic E-state index is 14.4. The monoisotopic (exact) mass is 831 g/mol. The van der Waals surface area contributed by atoms with Crippen LogP contribution in [0.1, 0.15) is 100 Å². The predicted molar refractivity (Wildman–Crippen MR) is 225 cm³/mol. The number of Topliss-reactive ketones (excluding diaryl/α,β-unsaturated/α-hetero) is 1. The number of nitrogens with two attached hydrogens (primary N) is 1. The van der Waals surface area contributed by atoms with Crippen LogP contribution in [-0.4, -0.2) is 73.4 Å². The molecule has 1 aromatic heterocycles. The first-order valence-electron chi connectivity index (χ1n) is 20.9. The molecule has 318 valence electrons. The van der Waals surface area contributed by atoms with E-state index in [1.165, 1.54) is 13.2 Å². The first-order valence-corrected chi connectivity index (χ1v) is 20.9. The Morgan fingerprint density at radius 2 is 1.74 bits per heavy atom. The van der Waals surface area contributed by atoms with Gasteiger partial charge in [-0.3, -0.25) is 29.3 Å². The Hall–Kier alpha value is -6.33. The van der Waals surface area contributed by atoms with Crippen LogP contribution in [-0.2, 0) is 16.0 Å². The highest BCUT2D eigenvalue weighted by Crippen LogP contribution is 2.35. The third-order valence-electron chi connectivity index (χ3n) is 11.9. The molecule has 4 aromatic rings. The van der Waals surface area contributed by atoms with Crippen LogP contribution >= 0.6 is 0 Å². The molecule has 0 unspecified atom stereocenters. The molecule has 3 atom stereocenters. The van der Waals surface area contributed by atoms with Gasteiger partial charge in [-0.15, -0.1) is 0 Å². The lowest BCUT2D eigenvalue weighted by molar-refractivity contribution is -0.124. The quantitative estimate of drug-likeness (QED) is 0.0452. The number of aromatic nitrogens is 1. The number of primary amides is 1. The number of carbonyl (C=O) groups is 5. The molecule has 0 radical (unpaired) electrons. The number of halogens is 1. The van der Waals surface area contributed by atoms with Crippen molar-refractivity contribution in [1.82, 2.24) is 20.9 Å². The Kier molecular flexibility index (Phi) is 13.6. The van der Waals surface area contributed by atoms with Crippen molar-refractivity contribution in [3.8, 4) is 35.0 Å². The van der Waals surface area contributed by atoms with Crippen molar-refractivity contribution in [3.05, 3.63) is 88.6 Å². The highest BCUT2D eigenvalue weighted by Gasteiger charge is 2.42. The average molecular weight is 832 g/mol. The number of amides is 4. The Balaban J connectivity index is 0.879. The summed E-state index contributed by atoms with van der Waals surface area (Å²) in [4.78, 5) is 65.6. The molecule has 14 heteroatoms. The molecular weight excluding hydrogens is 782 g/mol. The number of nitrogens with zero attached hydrogens (tertiary/aromatic N) is 1. The fraction of sp³-hybridized carbons (Fsp3) is 0.404. The number of unbranched alkanes of at least 4 members (excludes halogenated alkanes) is 2. The van der Waals surface area contributed by atoms with Gasteiger partial charge in [0.2, 0.25) is 5.88 Å². The molecular formula is C47H50FN5O8. The normalized spacial score (nSPS) is 20.9. The summed E-state index contributed by atoms with van der Waals surface area (Å²) >= 11 is 0. The van der Waals surface area contributed by atoms with Crippen molar-refractivity contribution >= 4 is 40.2 Å². The Bertz CT molecular complexity index is 2400. The molecule has 5 N–H and O–H groups in total. The summed E-state index contributed by atoms with van der Waals surface area (Å²) in [5.41, 5.74) is 7.63. The van der Waals surface area contributed by atoms with Crippen LogP contribution in [0, 0.1) is 29.6 Å². The van der Waals surface area contributed by atoms with Crippen LogP contribution in [0.15, 0.2) is 60.8 Å². The number of ether oxygens (including phenoxy) is 3. The fourth-order valence-electron chi connectivity index (χ4n) is 8.46. The number of aryl methyl sites for hydroxylation is 1. The third kappa shape index (κ3) is 9.68. The average Bonchev–Trinajstić information content (AvgIpc) is 3.54. The van der Waals surface area contributed by atoms with Gasteiger partial charge in [0.05, 0.1) is 29.8 Å². The van der Waals surface area contributed by atoms with Crippen molar-refractivity contribution in [1.29, 1.82) is 0 Å². The Morgan fingerprint density at radius 1 is 0.951 bits per heavy atom. The van der Waals surface area contributed by atoms with E-state index in [1.807, 2.05) is 31.2 Å². The number of hydrogen-bond donors (Lipinski definition) is 4. The number of carbonyl (C=O) groups excluding carboxylic acids is 5. The summed E-state index contributed by atoms with van der Waals surface area (Å²) in [5, 5.41) is 9.61. The number of ketones is 1. The maximum Gasteiger partial charge on any atom is 0.299 e. The molecule has 13 nitrogen and oxygen atoms in total. The van der Waals surface area contributed by atoms with Crippen LogP contribution in [0.3, 0.4) is 0 Å². The topological polar surface area (TPSA) is 188 Å². The van der Waals surface area contributed by atoms with Gasteiger partial charge in [0.25, 0.3) is 29.4 Å². The summed E-state index contributed by atoms with van der Waals surface area (Å²) in [6, 6.07) is 15.1. The summed E-state index contributed by atoms with van der Waals surface area (Å²) in [5.74, 6) is 4.76. The standard InChI is InChI=1S/C47H50FN5O8/c1-3-31-36(52-45(57)41(31)48)26-60-47-34-23-39(59-2)35(43(49)55)22-33(34)30(25-51-47)20-19-27-15-17-28(18-16-27)24-50-21-8-4-5-10-29-11-6-7-13-37(29)61-38-14-9-12-32-40(38)44(56)53-46(58)42(32)54/h6-7,9,11-14,22-23,25,27-28,31,36,41,50H,3-5,8,10,15-18,21,24,26H2,1-2H3,(H2,49,55)(H,52,57)(H,53,56,58)/t27?,28?,31-,36+,41-/m0/s1. The van der Waals surface area contributed by atoms with Gasteiger partial charge in [-0.2, -0.15) is 0 Å². The lowest BCUT2D eigenvalue weighted by Crippen LogP contribution is -2.42. The van der Waals surface area contributed by atoms with Gasteiger partial charge in [-0.25, -0.2) is 9.37 Å². The zero-order valence-electron chi connectivity index (χ0n) is 34.3. The number of rotatable bonds is 16. The molecule has 1 aliphatic carbocycles. The van der Waals surface area contributed by atoms with Crippen LogP contribution in [0.5, 0.6) is 23.1 Å². The van der Waals surface area contributed by atoms with Gasteiger partial charge in [0.1, 0.15) is 23.9 Å². The molecule has 4 amide bonds. The number of benzene rings is 3. The van der Waals surface area contributed by atoms with E-state index in [-0.39, 0.29) is 46.6 Å². The summed E-state index contributed by atoms with van der Waals surface area (Å²) < 4.78 is 32.1. The summed E-state index contributed by atoms with van der Waals surface area (Å²) in [7, 11) is 1.44. The number of para-hydroxylation sites is 1. The maximum absolute atomic E-state index is 14.4. The van der Waals surface area contributed by atoms with Gasteiger partial charge >= 0.3 is 0 Å². The van der Waals surface area contributed by atoms with Crippen molar-refractivity contribution in [2.75, 3.05) is 26.8 Å². The second kappa shape index (κ2) is 19.4. The number of methoxy groups -OCH3 is 1. The van der Waals surface area contributed by atoms with E-state index >= 15 is 0 Å². The van der Waals surface area contributed by atoms with Crippen LogP contribution in [0.4, 0.5) is 4.39 Å². The van der Waals surface area contributed by atoms with Crippen LogP contribution in [0.2, 0.25) is 0 Å². The lowest BCUT2D eigenvalue weighted by Gasteiger charge is -2.26. The van der Waals surface area contributed by atoms with E-state index in [9.17, 15) is 28.4 Å². The molecule has 2 aliphatic heterocycles. The van der Waals surface area contributed by atoms with Gasteiger partial charge < -0.3 is 30.6 Å². The largest absolute Gasteiger partial charge is 0.496 e. The van der Waals surface area contributed by atoms with Gasteiger partial charge in [0, 0.05) is 34.4 Å². The smallest absolute Gasteiger partial charge is 0.299 e. The van der Waals surface area contributed by atoms with Gasteiger partial charge in [0.15, 0.2) is 6.17 Å². The molecule has 1 saturated carbocycles. The van der Waals surface area contributed by atoms with E-state index < -0.39 is 47.5 Å². The van der Waals surface area contributed by atoms with Crippen molar-refractivity contribution < 1.29 is 42.6 Å². The van der Waals surface area contributed by atoms with Crippen LogP contribution < -0.4 is 35.9 Å². The molecule has 0 bridgehead atoms. The van der Waals surface area contributed by atoms with Crippen molar-refractivity contribution in [2.45, 2.75) is 76.9 Å².